The molecule has 2 fully saturated rings. The largest absolute Gasteiger partial charge is 0.355 e. The van der Waals surface area contributed by atoms with Gasteiger partial charge in [0.25, 0.3) is 5.91 Å². The third-order valence-corrected chi connectivity index (χ3v) is 6.86. The molecule has 1 saturated carbocycles. The Morgan fingerprint density at radius 1 is 1.14 bits per heavy atom. The fraction of sp³-hybridized carbons (Fsp3) is 0.542. The van der Waals surface area contributed by atoms with Crippen LogP contribution >= 0.6 is 0 Å². The molecule has 1 aliphatic carbocycles. The quantitative estimate of drug-likeness (QED) is 0.639. The van der Waals surface area contributed by atoms with Crippen molar-refractivity contribution in [2.45, 2.75) is 50.1 Å². The van der Waals surface area contributed by atoms with E-state index in [1.54, 1.807) is 14.1 Å². The third-order valence-electron chi connectivity index (χ3n) is 6.86. The van der Waals surface area contributed by atoms with E-state index in [0.29, 0.717) is 38.4 Å². The van der Waals surface area contributed by atoms with E-state index >= 15 is 0 Å². The zero-order valence-corrected chi connectivity index (χ0v) is 19.6. The summed E-state index contributed by atoms with van der Waals surface area (Å²) in [5, 5.41) is 6.54. The first-order valence-corrected chi connectivity index (χ1v) is 11.6. The molecule has 35 heavy (non-hydrogen) atoms. The second-order valence-electron chi connectivity index (χ2n) is 9.49. The van der Waals surface area contributed by atoms with Crippen LogP contribution in [0.2, 0.25) is 0 Å². The first-order valence-electron chi connectivity index (χ1n) is 11.6. The first-order chi connectivity index (χ1) is 16.5. The molecule has 0 bridgehead atoms. The minimum atomic E-state index is -2.63. The van der Waals surface area contributed by atoms with Crippen LogP contribution in [0, 0.1) is 17.6 Å². The van der Waals surface area contributed by atoms with E-state index in [2.05, 4.69) is 15.4 Å². The maximum atomic E-state index is 14.1. The number of hydrogen-bond acceptors (Lipinski definition) is 5. The lowest BCUT2D eigenvalue weighted by molar-refractivity contribution is -0.136. The van der Waals surface area contributed by atoms with Gasteiger partial charge in [-0.1, -0.05) is 5.16 Å². The molecule has 1 aliphatic heterocycles. The van der Waals surface area contributed by atoms with Crippen molar-refractivity contribution in [2.75, 3.05) is 27.2 Å². The molecular formula is C24H28F4N4O3. The normalized spacial score (nSPS) is 23.1. The Labute approximate surface area is 200 Å². The van der Waals surface area contributed by atoms with Crippen LogP contribution in [0.3, 0.4) is 0 Å². The number of benzene rings is 1. The number of nitrogens with one attached hydrogen (secondary N) is 1. The number of piperidine rings is 1. The minimum absolute atomic E-state index is 0.0209. The summed E-state index contributed by atoms with van der Waals surface area (Å²) in [6.07, 6.45) is 0.872. The summed E-state index contributed by atoms with van der Waals surface area (Å²) >= 11 is 0. The van der Waals surface area contributed by atoms with Crippen molar-refractivity contribution in [1.82, 2.24) is 20.3 Å². The van der Waals surface area contributed by atoms with Crippen LogP contribution in [0.4, 0.5) is 17.6 Å². The van der Waals surface area contributed by atoms with Crippen molar-refractivity contribution in [3.05, 3.63) is 41.6 Å². The molecule has 1 saturated heterocycles. The summed E-state index contributed by atoms with van der Waals surface area (Å²) in [7, 11) is 3.25. The number of halogens is 4. The van der Waals surface area contributed by atoms with Crippen molar-refractivity contribution < 1.29 is 31.7 Å². The Bertz CT molecular complexity index is 1080. The lowest BCUT2D eigenvalue weighted by Gasteiger charge is -2.44. The molecule has 1 N–H and O–H groups in total. The number of aromatic nitrogens is 1. The van der Waals surface area contributed by atoms with Gasteiger partial charge >= 0.3 is 0 Å². The number of likely N-dealkylation sites (tertiary alicyclic amines) is 1. The van der Waals surface area contributed by atoms with E-state index in [-0.39, 0.29) is 41.8 Å². The summed E-state index contributed by atoms with van der Waals surface area (Å²) < 4.78 is 59.5. The molecule has 2 amide bonds. The highest BCUT2D eigenvalue weighted by Gasteiger charge is 2.42. The van der Waals surface area contributed by atoms with Gasteiger partial charge in [-0.2, -0.15) is 0 Å². The van der Waals surface area contributed by atoms with E-state index < -0.39 is 35.4 Å². The van der Waals surface area contributed by atoms with Gasteiger partial charge < -0.3 is 14.7 Å². The van der Waals surface area contributed by atoms with Crippen molar-refractivity contribution in [2.24, 2.45) is 5.92 Å². The molecule has 0 radical (unpaired) electrons. The van der Waals surface area contributed by atoms with Crippen LogP contribution in [0.1, 0.15) is 42.6 Å². The predicted molar refractivity (Wildman–Crippen MR) is 119 cm³/mol. The van der Waals surface area contributed by atoms with Crippen LogP contribution in [-0.4, -0.2) is 72.0 Å². The van der Waals surface area contributed by atoms with Crippen LogP contribution in [0.15, 0.2) is 28.8 Å². The van der Waals surface area contributed by atoms with Crippen LogP contribution < -0.4 is 5.32 Å². The number of nitrogens with zero attached hydrogens (tertiary/aromatic N) is 3. The van der Waals surface area contributed by atoms with Gasteiger partial charge in [0.2, 0.25) is 11.8 Å². The van der Waals surface area contributed by atoms with Crippen LogP contribution in [0.25, 0.3) is 11.3 Å². The number of amides is 2. The average Bonchev–Trinajstić information content (AvgIpc) is 3.29. The molecule has 11 heteroatoms. The molecule has 2 aromatic rings. The van der Waals surface area contributed by atoms with Crippen LogP contribution in [-0.2, 0) is 4.79 Å². The molecule has 2 aliphatic rings. The molecular weight excluding hydrogens is 468 g/mol. The van der Waals surface area contributed by atoms with Crippen LogP contribution in [0.5, 0.6) is 0 Å². The SMILES string of the molecule is CN(C)C(=O)C1CN(C2CCC(F)(F)CC2)CCC1NC(=O)c1cc(-c2ccc(F)cc2F)on1. The van der Waals surface area contributed by atoms with E-state index in [1.807, 2.05) is 0 Å². The second kappa shape index (κ2) is 9.96. The molecule has 190 valence electrons. The predicted octanol–water partition coefficient (Wildman–Crippen LogP) is 3.71. The lowest BCUT2D eigenvalue weighted by atomic mass is 9.85. The highest BCUT2D eigenvalue weighted by molar-refractivity contribution is 5.94. The molecule has 0 spiro atoms. The van der Waals surface area contributed by atoms with E-state index in [0.717, 1.165) is 6.07 Å². The summed E-state index contributed by atoms with van der Waals surface area (Å²) in [5.41, 5.74) is -0.137. The Morgan fingerprint density at radius 2 is 1.86 bits per heavy atom. The fourth-order valence-corrected chi connectivity index (χ4v) is 4.89. The van der Waals surface area contributed by atoms with Crippen molar-refractivity contribution in [3.63, 3.8) is 0 Å². The monoisotopic (exact) mass is 496 g/mol. The van der Waals surface area contributed by atoms with Gasteiger partial charge in [-0.05, 0) is 31.4 Å². The highest BCUT2D eigenvalue weighted by Crippen LogP contribution is 2.36. The van der Waals surface area contributed by atoms with Gasteiger partial charge in [0.1, 0.15) is 11.6 Å². The molecule has 1 aromatic heterocycles. The second-order valence-corrected chi connectivity index (χ2v) is 9.49. The lowest BCUT2D eigenvalue weighted by Crippen LogP contribution is -2.58. The standard InChI is InChI=1S/C24H28F4N4O3/c1-31(2)23(34)17-13-32(15-5-8-24(27,28)9-6-15)10-7-19(17)29-22(33)20-12-21(35-30-20)16-4-3-14(25)11-18(16)26/h3-4,11-12,15,17,19H,5-10,13H2,1-2H3,(H,29,33). The maximum Gasteiger partial charge on any atom is 0.273 e. The average molecular weight is 497 g/mol. The van der Waals surface area contributed by atoms with E-state index in [1.165, 1.54) is 17.0 Å². The summed E-state index contributed by atoms with van der Waals surface area (Å²) in [4.78, 5) is 29.3. The van der Waals surface area contributed by atoms with Gasteiger partial charge in [-0.15, -0.1) is 0 Å². The Kier molecular flexibility index (Phi) is 7.16. The number of alkyl halides is 2. The Balaban J connectivity index is 1.45. The summed E-state index contributed by atoms with van der Waals surface area (Å²) in [6, 6.07) is 3.70. The molecule has 4 rings (SSSR count). The van der Waals surface area contributed by atoms with E-state index in [4.69, 9.17) is 4.52 Å². The van der Waals surface area contributed by atoms with Crippen molar-refractivity contribution in [1.29, 1.82) is 0 Å². The molecule has 7 nitrogen and oxygen atoms in total. The van der Waals surface area contributed by atoms with Gasteiger partial charge in [0.15, 0.2) is 11.5 Å². The number of rotatable bonds is 5. The minimum Gasteiger partial charge on any atom is -0.355 e. The van der Waals surface area contributed by atoms with Crippen molar-refractivity contribution >= 4 is 11.8 Å². The van der Waals surface area contributed by atoms with Crippen molar-refractivity contribution in [3.8, 4) is 11.3 Å². The van der Waals surface area contributed by atoms with Gasteiger partial charge in [-0.25, -0.2) is 17.6 Å². The topological polar surface area (TPSA) is 78.7 Å². The first kappa shape index (κ1) is 25.2. The van der Waals surface area contributed by atoms with Gasteiger partial charge in [0.05, 0.1) is 11.5 Å². The summed E-state index contributed by atoms with van der Waals surface area (Å²) in [5.74, 6) is -5.57. The molecule has 2 atom stereocenters. The molecule has 2 unspecified atom stereocenters. The van der Waals surface area contributed by atoms with Gasteiger partial charge in [0, 0.05) is 64.2 Å². The number of carbonyl (C=O) groups excluding carboxylic acids is 2. The van der Waals surface area contributed by atoms with E-state index in [9.17, 15) is 27.2 Å². The zero-order chi connectivity index (χ0) is 25.3. The Hall–Kier alpha value is -2.95. The zero-order valence-electron chi connectivity index (χ0n) is 19.6. The number of hydrogen-bond donors (Lipinski definition) is 1. The Morgan fingerprint density at radius 3 is 2.51 bits per heavy atom. The summed E-state index contributed by atoms with van der Waals surface area (Å²) in [6.45, 7) is 0.909. The maximum absolute atomic E-state index is 14.1. The van der Waals surface area contributed by atoms with Gasteiger partial charge in [-0.3, -0.25) is 14.5 Å². The third kappa shape index (κ3) is 5.66. The smallest absolute Gasteiger partial charge is 0.273 e. The fourth-order valence-electron chi connectivity index (χ4n) is 4.89. The highest BCUT2D eigenvalue weighted by atomic mass is 19.3. The number of carbonyl (C=O) groups is 2. The molecule has 1 aromatic carbocycles. The molecule has 2 heterocycles.